The first-order valence-electron chi connectivity index (χ1n) is 6.09. The lowest BCUT2D eigenvalue weighted by atomic mass is 10.3. The highest BCUT2D eigenvalue weighted by Gasteiger charge is 2.04. The molecule has 6 heteroatoms. The highest BCUT2D eigenvalue weighted by Crippen LogP contribution is 2.17. The minimum atomic E-state index is -0.525. The maximum atomic E-state index is 11.2. The Labute approximate surface area is 112 Å². The third-order valence-electron chi connectivity index (χ3n) is 2.10. The number of rotatable bonds is 6. The number of hydrogen-bond donors (Lipinski definition) is 2. The van der Waals surface area contributed by atoms with E-state index in [9.17, 15) is 9.59 Å². The van der Waals surface area contributed by atoms with Gasteiger partial charge in [-0.1, -0.05) is 6.07 Å². The van der Waals surface area contributed by atoms with Gasteiger partial charge in [0.1, 0.15) is 5.75 Å². The van der Waals surface area contributed by atoms with Crippen molar-refractivity contribution in [3.05, 3.63) is 24.3 Å². The lowest BCUT2D eigenvalue weighted by molar-refractivity contribution is -0.122. The molecule has 0 aliphatic carbocycles. The lowest BCUT2D eigenvalue weighted by Crippen LogP contribution is -2.28. The number of hydrogen-bond acceptors (Lipinski definition) is 4. The molecule has 0 aliphatic heterocycles. The number of ether oxygens (including phenoxy) is 2. The summed E-state index contributed by atoms with van der Waals surface area (Å²) < 4.78 is 10.1. The average molecular weight is 266 g/mol. The van der Waals surface area contributed by atoms with Gasteiger partial charge in [0.05, 0.1) is 6.61 Å². The SMILES string of the molecule is CCNC(=O)COc1cccc(NC(=O)OCC)c1. The van der Waals surface area contributed by atoms with Gasteiger partial charge in [-0.2, -0.15) is 0 Å². The van der Waals surface area contributed by atoms with Crippen LogP contribution in [0.5, 0.6) is 5.75 Å². The molecule has 6 nitrogen and oxygen atoms in total. The molecular weight excluding hydrogens is 248 g/mol. The number of carbonyl (C=O) groups is 2. The van der Waals surface area contributed by atoms with E-state index >= 15 is 0 Å². The zero-order valence-corrected chi connectivity index (χ0v) is 11.1. The third kappa shape index (κ3) is 5.76. The largest absolute Gasteiger partial charge is 0.484 e. The van der Waals surface area contributed by atoms with E-state index < -0.39 is 6.09 Å². The van der Waals surface area contributed by atoms with Crippen LogP contribution >= 0.6 is 0 Å². The molecule has 104 valence electrons. The van der Waals surface area contributed by atoms with Crippen LogP contribution in [0.1, 0.15) is 13.8 Å². The molecule has 0 bridgehead atoms. The van der Waals surface area contributed by atoms with Gasteiger partial charge in [0, 0.05) is 18.3 Å². The maximum Gasteiger partial charge on any atom is 0.411 e. The van der Waals surface area contributed by atoms with E-state index in [0.29, 0.717) is 24.6 Å². The summed E-state index contributed by atoms with van der Waals surface area (Å²) in [6.07, 6.45) is -0.525. The molecule has 0 aromatic heterocycles. The van der Waals surface area contributed by atoms with Gasteiger partial charge >= 0.3 is 6.09 Å². The molecule has 1 rings (SSSR count). The Morgan fingerprint density at radius 1 is 1.26 bits per heavy atom. The summed E-state index contributed by atoms with van der Waals surface area (Å²) in [6.45, 7) is 4.37. The molecule has 0 saturated heterocycles. The number of benzene rings is 1. The number of carbonyl (C=O) groups excluding carboxylic acids is 2. The van der Waals surface area contributed by atoms with E-state index in [1.165, 1.54) is 0 Å². The van der Waals surface area contributed by atoms with E-state index in [1.54, 1.807) is 31.2 Å². The van der Waals surface area contributed by atoms with Crippen LogP contribution in [0.2, 0.25) is 0 Å². The van der Waals surface area contributed by atoms with Gasteiger partial charge in [-0.25, -0.2) is 4.79 Å². The molecule has 0 unspecified atom stereocenters. The van der Waals surface area contributed by atoms with Crippen molar-refractivity contribution in [1.29, 1.82) is 0 Å². The highest BCUT2D eigenvalue weighted by molar-refractivity contribution is 5.84. The smallest absolute Gasteiger partial charge is 0.411 e. The monoisotopic (exact) mass is 266 g/mol. The van der Waals surface area contributed by atoms with E-state index in [0.717, 1.165) is 0 Å². The molecule has 0 fully saturated rings. The second kappa shape index (κ2) is 7.97. The van der Waals surface area contributed by atoms with Crippen molar-refractivity contribution in [1.82, 2.24) is 5.32 Å². The van der Waals surface area contributed by atoms with Gasteiger partial charge in [0.2, 0.25) is 0 Å². The summed E-state index contributed by atoms with van der Waals surface area (Å²) >= 11 is 0. The molecule has 2 amide bonds. The molecule has 0 spiro atoms. The topological polar surface area (TPSA) is 76.7 Å². The minimum Gasteiger partial charge on any atom is -0.484 e. The summed E-state index contributed by atoms with van der Waals surface area (Å²) in [4.78, 5) is 22.5. The van der Waals surface area contributed by atoms with Crippen molar-refractivity contribution < 1.29 is 19.1 Å². The van der Waals surface area contributed by atoms with E-state index in [-0.39, 0.29) is 12.5 Å². The van der Waals surface area contributed by atoms with Crippen molar-refractivity contribution in [2.75, 3.05) is 25.1 Å². The predicted molar refractivity (Wildman–Crippen MR) is 71.3 cm³/mol. The van der Waals surface area contributed by atoms with Crippen molar-refractivity contribution in [2.24, 2.45) is 0 Å². The Kier molecular flexibility index (Phi) is 6.21. The summed E-state index contributed by atoms with van der Waals surface area (Å²) in [5, 5.41) is 5.18. The standard InChI is InChI=1S/C13H18N2O4/c1-3-14-12(16)9-19-11-7-5-6-10(8-11)15-13(17)18-4-2/h5-8H,3-4,9H2,1-2H3,(H,14,16)(H,15,17). The summed E-state index contributed by atoms with van der Waals surface area (Å²) in [6, 6.07) is 6.75. The van der Waals surface area contributed by atoms with Crippen molar-refractivity contribution >= 4 is 17.7 Å². The molecule has 0 saturated carbocycles. The van der Waals surface area contributed by atoms with E-state index in [2.05, 4.69) is 10.6 Å². The van der Waals surface area contributed by atoms with Gasteiger partial charge < -0.3 is 14.8 Å². The van der Waals surface area contributed by atoms with Gasteiger partial charge in [-0.05, 0) is 26.0 Å². The first-order chi connectivity index (χ1) is 9.15. The first-order valence-corrected chi connectivity index (χ1v) is 6.09. The third-order valence-corrected chi connectivity index (χ3v) is 2.10. The van der Waals surface area contributed by atoms with Crippen LogP contribution in [-0.4, -0.2) is 31.8 Å². The maximum absolute atomic E-state index is 11.2. The van der Waals surface area contributed by atoms with Gasteiger partial charge in [0.15, 0.2) is 6.61 Å². The summed E-state index contributed by atoms with van der Waals surface area (Å²) in [7, 11) is 0. The minimum absolute atomic E-state index is 0.0588. The number of amides is 2. The van der Waals surface area contributed by atoms with Crippen LogP contribution in [0.25, 0.3) is 0 Å². The summed E-state index contributed by atoms with van der Waals surface area (Å²) in [5.74, 6) is 0.312. The van der Waals surface area contributed by atoms with E-state index in [4.69, 9.17) is 9.47 Å². The van der Waals surface area contributed by atoms with Crippen LogP contribution in [0.15, 0.2) is 24.3 Å². The second-order valence-electron chi connectivity index (χ2n) is 3.62. The Bertz CT molecular complexity index is 434. The Morgan fingerprint density at radius 2 is 2.05 bits per heavy atom. The van der Waals surface area contributed by atoms with Crippen molar-refractivity contribution in [2.45, 2.75) is 13.8 Å². The zero-order valence-electron chi connectivity index (χ0n) is 11.1. The number of anilines is 1. The Balaban J connectivity index is 2.52. The number of likely N-dealkylation sites (N-methyl/N-ethyl adjacent to an activating group) is 1. The second-order valence-corrected chi connectivity index (χ2v) is 3.62. The zero-order chi connectivity index (χ0) is 14.1. The van der Waals surface area contributed by atoms with Crippen LogP contribution in [0, 0.1) is 0 Å². The fourth-order valence-electron chi connectivity index (χ4n) is 1.35. The van der Waals surface area contributed by atoms with Gasteiger partial charge in [-0.15, -0.1) is 0 Å². The van der Waals surface area contributed by atoms with Crippen molar-refractivity contribution in [3.63, 3.8) is 0 Å². The van der Waals surface area contributed by atoms with E-state index in [1.807, 2.05) is 6.92 Å². The average Bonchev–Trinajstić information content (AvgIpc) is 2.37. The van der Waals surface area contributed by atoms with Crippen LogP contribution in [0.3, 0.4) is 0 Å². The molecule has 0 aliphatic rings. The predicted octanol–water partition coefficient (Wildman–Crippen LogP) is 1.77. The quantitative estimate of drug-likeness (QED) is 0.822. The Hall–Kier alpha value is -2.24. The van der Waals surface area contributed by atoms with Crippen LogP contribution in [-0.2, 0) is 9.53 Å². The highest BCUT2D eigenvalue weighted by atomic mass is 16.5. The molecule has 0 radical (unpaired) electrons. The molecule has 0 heterocycles. The van der Waals surface area contributed by atoms with Crippen LogP contribution in [0.4, 0.5) is 10.5 Å². The lowest BCUT2D eigenvalue weighted by Gasteiger charge is -2.09. The van der Waals surface area contributed by atoms with Gasteiger partial charge in [-0.3, -0.25) is 10.1 Å². The molecule has 19 heavy (non-hydrogen) atoms. The molecule has 1 aromatic carbocycles. The first kappa shape index (κ1) is 14.8. The normalized spacial score (nSPS) is 9.58. The van der Waals surface area contributed by atoms with Crippen molar-refractivity contribution in [3.8, 4) is 5.75 Å². The molecule has 2 N–H and O–H groups in total. The molecular formula is C13H18N2O4. The fourth-order valence-corrected chi connectivity index (χ4v) is 1.35. The summed E-state index contributed by atoms with van der Waals surface area (Å²) in [5.41, 5.74) is 0.548. The Morgan fingerprint density at radius 3 is 2.74 bits per heavy atom. The molecule has 0 atom stereocenters. The fraction of sp³-hybridized carbons (Fsp3) is 0.385. The van der Waals surface area contributed by atoms with Crippen LogP contribution < -0.4 is 15.4 Å². The number of nitrogens with one attached hydrogen (secondary N) is 2. The van der Waals surface area contributed by atoms with Gasteiger partial charge in [0.25, 0.3) is 5.91 Å². The molecule has 1 aromatic rings.